The van der Waals surface area contributed by atoms with E-state index in [1.54, 1.807) is 25.2 Å². The number of aromatic nitrogens is 1. The maximum atomic E-state index is 12.5. The van der Waals surface area contributed by atoms with Crippen LogP contribution in [0.1, 0.15) is 22.9 Å². The van der Waals surface area contributed by atoms with Crippen LogP contribution in [0.25, 0.3) is 0 Å². The van der Waals surface area contributed by atoms with Gasteiger partial charge in [0.1, 0.15) is 0 Å². The Kier molecular flexibility index (Phi) is 4.76. The lowest BCUT2D eigenvalue weighted by Crippen LogP contribution is -2.19. The summed E-state index contributed by atoms with van der Waals surface area (Å²) in [7, 11) is 1.67. The molecule has 1 atom stereocenters. The van der Waals surface area contributed by atoms with Crippen molar-refractivity contribution in [3.63, 3.8) is 0 Å². The van der Waals surface area contributed by atoms with Gasteiger partial charge < -0.3 is 5.32 Å². The van der Waals surface area contributed by atoms with Crippen molar-refractivity contribution in [2.24, 2.45) is 0 Å². The summed E-state index contributed by atoms with van der Waals surface area (Å²) >= 11 is 12.1. The van der Waals surface area contributed by atoms with E-state index in [-0.39, 0.29) is 0 Å². The van der Waals surface area contributed by atoms with Gasteiger partial charge in [0, 0.05) is 16.2 Å². The van der Waals surface area contributed by atoms with Crippen LogP contribution in [0.4, 0.5) is 13.2 Å². The summed E-state index contributed by atoms with van der Waals surface area (Å²) in [6.07, 6.45) is -3.60. The van der Waals surface area contributed by atoms with Crippen LogP contribution in [-0.4, -0.2) is 12.0 Å². The molecule has 2 rings (SSSR count). The Labute approximate surface area is 129 Å². The Morgan fingerprint density at radius 1 is 1.14 bits per heavy atom. The Bertz CT molecular complexity index is 627. The van der Waals surface area contributed by atoms with Crippen molar-refractivity contribution in [1.82, 2.24) is 10.3 Å². The third-order valence-electron chi connectivity index (χ3n) is 2.97. The molecule has 0 spiro atoms. The smallest absolute Gasteiger partial charge is 0.308 e. The number of benzene rings is 1. The normalized spacial score (nSPS) is 13.2. The number of hydrogen-bond acceptors (Lipinski definition) is 2. The van der Waals surface area contributed by atoms with E-state index >= 15 is 0 Å². The molecule has 1 heterocycles. The number of halogens is 5. The lowest BCUT2D eigenvalue weighted by Gasteiger charge is -2.18. The molecular weight excluding hydrogens is 324 g/mol. The molecule has 1 N–H and O–H groups in total. The molecule has 0 aliphatic carbocycles. The molecule has 21 heavy (non-hydrogen) atoms. The van der Waals surface area contributed by atoms with E-state index in [4.69, 9.17) is 23.2 Å². The minimum Gasteiger partial charge on any atom is -0.308 e. The van der Waals surface area contributed by atoms with Gasteiger partial charge in [-0.3, -0.25) is 4.98 Å². The van der Waals surface area contributed by atoms with Crippen LogP contribution in [0.3, 0.4) is 0 Å². The number of rotatable bonds is 3. The van der Waals surface area contributed by atoms with E-state index in [9.17, 15) is 13.2 Å². The second-order valence-electron chi connectivity index (χ2n) is 4.36. The molecule has 7 heteroatoms. The van der Waals surface area contributed by atoms with Crippen LogP contribution in [0.2, 0.25) is 10.0 Å². The van der Waals surface area contributed by atoms with Crippen LogP contribution >= 0.6 is 23.2 Å². The van der Waals surface area contributed by atoms with Crippen molar-refractivity contribution in [1.29, 1.82) is 0 Å². The van der Waals surface area contributed by atoms with Gasteiger partial charge in [0.25, 0.3) is 0 Å². The summed E-state index contributed by atoms with van der Waals surface area (Å²) in [6, 6.07) is 6.79. The number of nitrogens with one attached hydrogen (secondary N) is 1. The third-order valence-corrected chi connectivity index (χ3v) is 3.55. The van der Waals surface area contributed by atoms with Gasteiger partial charge in [0.2, 0.25) is 0 Å². The molecule has 112 valence electrons. The highest BCUT2D eigenvalue weighted by atomic mass is 35.5. The van der Waals surface area contributed by atoms with Gasteiger partial charge in [0.05, 0.1) is 17.3 Å². The zero-order chi connectivity index (χ0) is 15.6. The Hall–Kier alpha value is -1.30. The minimum absolute atomic E-state index is 0.426. The van der Waals surface area contributed by atoms with Gasteiger partial charge in [-0.25, -0.2) is 0 Å². The number of nitrogens with zero attached hydrogens (tertiary/aromatic N) is 1. The quantitative estimate of drug-likeness (QED) is 0.878. The first-order valence-corrected chi connectivity index (χ1v) is 6.74. The Morgan fingerprint density at radius 2 is 1.86 bits per heavy atom. The average Bonchev–Trinajstić information content (AvgIpc) is 2.43. The van der Waals surface area contributed by atoms with Gasteiger partial charge in [-0.15, -0.1) is 0 Å². The first-order valence-electron chi connectivity index (χ1n) is 5.98. The fourth-order valence-electron chi connectivity index (χ4n) is 1.94. The number of pyridine rings is 1. The van der Waals surface area contributed by atoms with Crippen molar-refractivity contribution >= 4 is 23.2 Å². The summed E-state index contributed by atoms with van der Waals surface area (Å²) in [5.41, 5.74) is 0.284. The standard InChI is InChI=1S/C14H11Cl2F3N2/c1-20-13(10-6-9(15)3-4-11(10)16)12-5-2-8(7-21-12)14(17,18)19/h2-7,13,20H,1H3. The highest BCUT2D eigenvalue weighted by molar-refractivity contribution is 6.33. The van der Waals surface area contributed by atoms with Crippen molar-refractivity contribution in [2.75, 3.05) is 7.05 Å². The van der Waals surface area contributed by atoms with Crippen LogP contribution in [0, 0.1) is 0 Å². The zero-order valence-electron chi connectivity index (χ0n) is 10.9. The van der Waals surface area contributed by atoms with E-state index in [0.717, 1.165) is 12.3 Å². The Balaban J connectivity index is 2.40. The first-order chi connectivity index (χ1) is 9.82. The van der Waals surface area contributed by atoms with Crippen molar-refractivity contribution in [3.8, 4) is 0 Å². The second kappa shape index (κ2) is 6.22. The van der Waals surface area contributed by atoms with Crippen LogP contribution in [-0.2, 0) is 6.18 Å². The van der Waals surface area contributed by atoms with Crippen molar-refractivity contribution < 1.29 is 13.2 Å². The highest BCUT2D eigenvalue weighted by Crippen LogP contribution is 2.32. The summed E-state index contributed by atoms with van der Waals surface area (Å²) in [6.45, 7) is 0. The number of hydrogen-bond donors (Lipinski definition) is 1. The summed E-state index contributed by atoms with van der Waals surface area (Å²) in [4.78, 5) is 3.88. The fourth-order valence-corrected chi connectivity index (χ4v) is 2.35. The van der Waals surface area contributed by atoms with Crippen LogP contribution < -0.4 is 5.32 Å². The lowest BCUT2D eigenvalue weighted by molar-refractivity contribution is -0.137. The summed E-state index contributed by atoms with van der Waals surface area (Å²) in [5.74, 6) is 0. The molecule has 0 saturated heterocycles. The zero-order valence-corrected chi connectivity index (χ0v) is 12.4. The maximum Gasteiger partial charge on any atom is 0.417 e. The molecule has 2 aromatic rings. The van der Waals surface area contributed by atoms with Gasteiger partial charge in [-0.2, -0.15) is 13.2 Å². The SMILES string of the molecule is CNC(c1ccc(C(F)(F)F)cn1)c1cc(Cl)ccc1Cl. The fraction of sp³-hybridized carbons (Fsp3) is 0.214. The molecule has 2 nitrogen and oxygen atoms in total. The van der Waals surface area contributed by atoms with E-state index < -0.39 is 17.8 Å². The molecule has 0 radical (unpaired) electrons. The largest absolute Gasteiger partial charge is 0.417 e. The van der Waals surface area contributed by atoms with Crippen molar-refractivity contribution in [2.45, 2.75) is 12.2 Å². The average molecular weight is 335 g/mol. The molecule has 0 aliphatic rings. The predicted octanol–water partition coefficient (Wildman–Crippen LogP) is 4.72. The summed E-state index contributed by atoms with van der Waals surface area (Å²) < 4.78 is 37.6. The molecule has 0 aliphatic heterocycles. The van der Waals surface area contributed by atoms with Gasteiger partial charge in [0.15, 0.2) is 0 Å². The topological polar surface area (TPSA) is 24.9 Å². The van der Waals surface area contributed by atoms with Gasteiger partial charge >= 0.3 is 6.18 Å². The predicted molar refractivity (Wildman–Crippen MR) is 76.6 cm³/mol. The minimum atomic E-state index is -4.41. The van der Waals surface area contributed by atoms with Crippen LogP contribution in [0.15, 0.2) is 36.5 Å². The summed E-state index contributed by atoms with van der Waals surface area (Å²) in [5, 5.41) is 3.92. The third kappa shape index (κ3) is 3.67. The molecule has 0 amide bonds. The molecule has 1 aromatic heterocycles. The molecule has 0 saturated carbocycles. The number of alkyl halides is 3. The van der Waals surface area contributed by atoms with E-state index in [1.807, 2.05) is 0 Å². The van der Waals surface area contributed by atoms with E-state index in [2.05, 4.69) is 10.3 Å². The monoisotopic (exact) mass is 334 g/mol. The maximum absolute atomic E-state index is 12.5. The molecule has 1 unspecified atom stereocenters. The molecule has 0 bridgehead atoms. The lowest BCUT2D eigenvalue weighted by atomic mass is 10.0. The van der Waals surface area contributed by atoms with Gasteiger partial charge in [-0.05, 0) is 42.9 Å². The molecular formula is C14H11Cl2F3N2. The molecule has 0 fully saturated rings. The first kappa shape index (κ1) is 16.1. The molecule has 1 aromatic carbocycles. The van der Waals surface area contributed by atoms with Crippen LogP contribution in [0.5, 0.6) is 0 Å². The second-order valence-corrected chi connectivity index (χ2v) is 5.20. The van der Waals surface area contributed by atoms with Gasteiger partial charge in [-0.1, -0.05) is 23.2 Å². The van der Waals surface area contributed by atoms with E-state index in [1.165, 1.54) is 6.07 Å². The van der Waals surface area contributed by atoms with E-state index in [0.29, 0.717) is 21.3 Å². The Morgan fingerprint density at radius 3 is 2.38 bits per heavy atom. The van der Waals surface area contributed by atoms with Crippen molar-refractivity contribution in [3.05, 3.63) is 63.4 Å². The highest BCUT2D eigenvalue weighted by Gasteiger charge is 2.31.